The average Bonchev–Trinajstić information content (AvgIpc) is 2.38. The molecule has 18 heavy (non-hydrogen) atoms. The van der Waals surface area contributed by atoms with Gasteiger partial charge in [-0.1, -0.05) is 11.2 Å². The van der Waals surface area contributed by atoms with E-state index in [2.05, 4.69) is 10.0 Å². The van der Waals surface area contributed by atoms with E-state index in [9.17, 15) is 14.6 Å². The summed E-state index contributed by atoms with van der Waals surface area (Å²) in [5.41, 5.74) is 8.10. The lowest BCUT2D eigenvalue weighted by Gasteiger charge is -2.17. The fourth-order valence-electron chi connectivity index (χ4n) is 1.44. The predicted molar refractivity (Wildman–Crippen MR) is 60.7 cm³/mol. The molecule has 2 N–H and O–H groups in total. The molecule has 0 aromatic heterocycles. The highest BCUT2D eigenvalue weighted by molar-refractivity contribution is 5.34. The summed E-state index contributed by atoms with van der Waals surface area (Å²) in [6.45, 7) is 0.00657. The van der Waals surface area contributed by atoms with Crippen molar-refractivity contribution >= 4 is 0 Å². The molecule has 0 radical (unpaired) electrons. The van der Waals surface area contributed by atoms with Gasteiger partial charge in [0.15, 0.2) is 0 Å². The van der Waals surface area contributed by atoms with E-state index in [1.807, 2.05) is 0 Å². The molecule has 7 heteroatoms. The number of aliphatic hydroxyl groups is 2. The SMILES string of the molecule is N#Cc1ccc(C(O)C(O)CCN=[N+]=[N-])c(F)c1. The van der Waals surface area contributed by atoms with Crippen molar-refractivity contribution in [3.63, 3.8) is 0 Å². The highest BCUT2D eigenvalue weighted by Crippen LogP contribution is 2.22. The molecule has 2 unspecified atom stereocenters. The Labute approximate surface area is 103 Å². The van der Waals surface area contributed by atoms with Gasteiger partial charge in [-0.3, -0.25) is 0 Å². The maximum Gasteiger partial charge on any atom is 0.130 e. The van der Waals surface area contributed by atoms with Crippen molar-refractivity contribution in [1.82, 2.24) is 0 Å². The van der Waals surface area contributed by atoms with Crippen molar-refractivity contribution in [2.75, 3.05) is 6.54 Å². The van der Waals surface area contributed by atoms with Gasteiger partial charge in [0.05, 0.1) is 17.7 Å². The van der Waals surface area contributed by atoms with Crippen molar-refractivity contribution in [3.05, 3.63) is 45.6 Å². The second-order valence-electron chi connectivity index (χ2n) is 3.60. The minimum absolute atomic E-state index is 0.00657. The molecule has 0 fully saturated rings. The van der Waals surface area contributed by atoms with Gasteiger partial charge in [0.2, 0.25) is 0 Å². The molecule has 0 bridgehead atoms. The third kappa shape index (κ3) is 3.43. The Bertz CT molecular complexity index is 508. The first-order valence-corrected chi connectivity index (χ1v) is 5.16. The molecular formula is C11H11FN4O2. The molecule has 0 amide bonds. The fraction of sp³-hybridized carbons (Fsp3) is 0.364. The third-order valence-electron chi connectivity index (χ3n) is 2.40. The minimum atomic E-state index is -1.42. The van der Waals surface area contributed by atoms with Gasteiger partial charge < -0.3 is 10.2 Å². The van der Waals surface area contributed by atoms with Crippen LogP contribution in [0.25, 0.3) is 10.4 Å². The average molecular weight is 250 g/mol. The van der Waals surface area contributed by atoms with Crippen molar-refractivity contribution in [1.29, 1.82) is 5.26 Å². The highest BCUT2D eigenvalue weighted by atomic mass is 19.1. The molecule has 0 aliphatic carbocycles. The third-order valence-corrected chi connectivity index (χ3v) is 2.40. The summed E-state index contributed by atoms with van der Waals surface area (Å²) < 4.78 is 13.5. The summed E-state index contributed by atoms with van der Waals surface area (Å²) in [5.74, 6) is -0.760. The lowest BCUT2D eigenvalue weighted by atomic mass is 10.0. The standard InChI is InChI=1S/C11H11FN4O2/c12-9-5-7(6-13)1-2-8(9)11(18)10(17)3-4-15-16-14/h1-2,5,10-11,17-18H,3-4H2. The first-order valence-electron chi connectivity index (χ1n) is 5.16. The predicted octanol–water partition coefficient (Wildman–Crippen LogP) is 1.79. The minimum Gasteiger partial charge on any atom is -0.390 e. The van der Waals surface area contributed by atoms with E-state index in [-0.39, 0.29) is 24.1 Å². The van der Waals surface area contributed by atoms with Crippen molar-refractivity contribution in [3.8, 4) is 6.07 Å². The number of benzene rings is 1. The molecule has 1 aromatic carbocycles. The Morgan fingerprint density at radius 2 is 2.22 bits per heavy atom. The maximum absolute atomic E-state index is 13.5. The van der Waals surface area contributed by atoms with E-state index in [0.29, 0.717) is 0 Å². The van der Waals surface area contributed by atoms with Crippen LogP contribution < -0.4 is 0 Å². The van der Waals surface area contributed by atoms with E-state index in [1.54, 1.807) is 6.07 Å². The molecule has 6 nitrogen and oxygen atoms in total. The first kappa shape index (κ1) is 13.9. The molecule has 0 heterocycles. The number of nitriles is 1. The Balaban J connectivity index is 2.80. The summed E-state index contributed by atoms with van der Waals surface area (Å²) in [7, 11) is 0. The number of aliphatic hydroxyl groups excluding tert-OH is 2. The summed E-state index contributed by atoms with van der Waals surface area (Å²) in [6.07, 6.45) is -2.64. The lowest BCUT2D eigenvalue weighted by molar-refractivity contribution is 0.0130. The van der Waals surface area contributed by atoms with Gasteiger partial charge in [-0.05, 0) is 24.1 Å². The van der Waals surface area contributed by atoms with E-state index < -0.39 is 18.0 Å². The maximum atomic E-state index is 13.5. The topological polar surface area (TPSA) is 113 Å². The summed E-state index contributed by atoms with van der Waals surface area (Å²) >= 11 is 0. The Kier molecular flexibility index (Phi) is 5.08. The van der Waals surface area contributed by atoms with Crippen LogP contribution in [-0.2, 0) is 0 Å². The normalized spacial score (nSPS) is 13.2. The van der Waals surface area contributed by atoms with Gasteiger partial charge in [-0.15, -0.1) is 0 Å². The number of nitrogens with zero attached hydrogens (tertiary/aromatic N) is 4. The number of hydrogen-bond donors (Lipinski definition) is 2. The molecule has 0 saturated heterocycles. The summed E-state index contributed by atoms with van der Waals surface area (Å²) in [4.78, 5) is 2.50. The zero-order valence-electron chi connectivity index (χ0n) is 9.36. The molecule has 1 aromatic rings. The van der Waals surface area contributed by atoms with Crippen LogP contribution in [0.5, 0.6) is 0 Å². The monoisotopic (exact) mass is 250 g/mol. The van der Waals surface area contributed by atoms with E-state index in [4.69, 9.17) is 10.8 Å². The van der Waals surface area contributed by atoms with Crippen LogP contribution in [0.1, 0.15) is 23.7 Å². The largest absolute Gasteiger partial charge is 0.390 e. The molecular weight excluding hydrogens is 239 g/mol. The van der Waals surface area contributed by atoms with Crippen LogP contribution in [-0.4, -0.2) is 22.9 Å². The van der Waals surface area contributed by atoms with Gasteiger partial charge in [-0.2, -0.15) is 5.26 Å². The van der Waals surface area contributed by atoms with Crippen LogP contribution in [0.4, 0.5) is 4.39 Å². The van der Waals surface area contributed by atoms with Crippen molar-refractivity contribution in [2.45, 2.75) is 18.6 Å². The number of rotatable bonds is 5. The van der Waals surface area contributed by atoms with Crippen LogP contribution in [0.2, 0.25) is 0 Å². The molecule has 0 aliphatic heterocycles. The Morgan fingerprint density at radius 3 is 2.78 bits per heavy atom. The van der Waals surface area contributed by atoms with Gasteiger partial charge in [-0.25, -0.2) is 4.39 Å². The number of hydrogen-bond acceptors (Lipinski definition) is 4. The summed E-state index contributed by atoms with van der Waals surface area (Å²) in [5, 5.41) is 31.1. The van der Waals surface area contributed by atoms with Crippen molar-refractivity contribution in [2.24, 2.45) is 5.11 Å². The van der Waals surface area contributed by atoms with Crippen LogP contribution in [0.15, 0.2) is 23.3 Å². The lowest BCUT2D eigenvalue weighted by Crippen LogP contribution is -2.20. The van der Waals surface area contributed by atoms with Crippen LogP contribution >= 0.6 is 0 Å². The van der Waals surface area contributed by atoms with Crippen LogP contribution in [0.3, 0.4) is 0 Å². The molecule has 0 saturated carbocycles. The molecule has 94 valence electrons. The second kappa shape index (κ2) is 6.57. The van der Waals surface area contributed by atoms with Gasteiger partial charge in [0.1, 0.15) is 11.9 Å². The second-order valence-corrected chi connectivity index (χ2v) is 3.60. The first-order chi connectivity index (χ1) is 8.60. The zero-order valence-corrected chi connectivity index (χ0v) is 9.36. The van der Waals surface area contributed by atoms with Gasteiger partial charge in [0.25, 0.3) is 0 Å². The molecule has 1 rings (SSSR count). The summed E-state index contributed by atoms with van der Waals surface area (Å²) in [6, 6.07) is 5.34. The van der Waals surface area contributed by atoms with Gasteiger partial charge >= 0.3 is 0 Å². The fourth-order valence-corrected chi connectivity index (χ4v) is 1.44. The van der Waals surface area contributed by atoms with E-state index >= 15 is 0 Å². The van der Waals surface area contributed by atoms with E-state index in [0.717, 1.165) is 6.07 Å². The van der Waals surface area contributed by atoms with Gasteiger partial charge in [0, 0.05) is 17.0 Å². The number of azide groups is 1. The smallest absolute Gasteiger partial charge is 0.130 e. The molecule has 0 aliphatic rings. The zero-order chi connectivity index (χ0) is 13.5. The Morgan fingerprint density at radius 1 is 1.50 bits per heavy atom. The number of halogens is 1. The van der Waals surface area contributed by atoms with E-state index in [1.165, 1.54) is 12.1 Å². The quantitative estimate of drug-likeness (QED) is 0.471. The van der Waals surface area contributed by atoms with Crippen LogP contribution in [0, 0.1) is 17.1 Å². The molecule has 0 spiro atoms. The van der Waals surface area contributed by atoms with Crippen molar-refractivity contribution < 1.29 is 14.6 Å². The highest BCUT2D eigenvalue weighted by Gasteiger charge is 2.21. The Hall–Kier alpha value is -2.13. The molecule has 2 atom stereocenters.